The van der Waals surface area contributed by atoms with Crippen molar-refractivity contribution in [1.29, 1.82) is 0 Å². The van der Waals surface area contributed by atoms with Crippen LogP contribution >= 0.6 is 12.4 Å². The molecule has 2 amide bonds. The van der Waals surface area contributed by atoms with Gasteiger partial charge in [-0.15, -0.1) is 12.4 Å². The van der Waals surface area contributed by atoms with Gasteiger partial charge in [0.2, 0.25) is 0 Å². The Bertz CT molecular complexity index is 470. The number of carbonyl (C=O) groups is 1. The van der Waals surface area contributed by atoms with Crippen molar-refractivity contribution in [3.05, 3.63) is 35.4 Å². The summed E-state index contributed by atoms with van der Waals surface area (Å²) in [7, 11) is 0. The lowest BCUT2D eigenvalue weighted by atomic mass is 10.0. The minimum absolute atomic E-state index is 0. The van der Waals surface area contributed by atoms with Crippen LogP contribution in [0.2, 0.25) is 0 Å². The standard InChI is InChI=1S/C13H17F2N3O2.ClH/c14-9-2-1-3-10(15)8(9)6-17-13(20)18-11-7-16-5-4-12(11)19;/h1-3,11-12,16,19H,4-7H2,(H2,17,18,20);1H/t11-,12+;/m0./s1. The lowest BCUT2D eigenvalue weighted by Crippen LogP contribution is -2.55. The van der Waals surface area contributed by atoms with Crippen molar-refractivity contribution in [2.45, 2.75) is 25.1 Å². The molecule has 0 aliphatic carbocycles. The van der Waals surface area contributed by atoms with Crippen LogP contribution in [0.4, 0.5) is 13.6 Å². The van der Waals surface area contributed by atoms with Crippen molar-refractivity contribution in [3.8, 4) is 0 Å². The molecule has 0 aromatic heterocycles. The van der Waals surface area contributed by atoms with Crippen LogP contribution < -0.4 is 16.0 Å². The number of piperidine rings is 1. The van der Waals surface area contributed by atoms with E-state index in [0.717, 1.165) is 12.1 Å². The molecule has 1 saturated heterocycles. The van der Waals surface area contributed by atoms with Crippen molar-refractivity contribution in [2.24, 2.45) is 0 Å². The predicted molar refractivity (Wildman–Crippen MR) is 76.3 cm³/mol. The summed E-state index contributed by atoms with van der Waals surface area (Å²) in [6.07, 6.45) is -0.0698. The molecule has 1 aromatic rings. The van der Waals surface area contributed by atoms with Crippen LogP contribution in [0.1, 0.15) is 12.0 Å². The summed E-state index contributed by atoms with van der Waals surface area (Å²) < 4.78 is 26.7. The fraction of sp³-hybridized carbons (Fsp3) is 0.462. The van der Waals surface area contributed by atoms with E-state index < -0.39 is 29.8 Å². The van der Waals surface area contributed by atoms with E-state index >= 15 is 0 Å². The lowest BCUT2D eigenvalue weighted by Gasteiger charge is -2.29. The van der Waals surface area contributed by atoms with Gasteiger partial charge in [-0.1, -0.05) is 6.07 Å². The molecule has 1 heterocycles. The zero-order chi connectivity index (χ0) is 14.5. The van der Waals surface area contributed by atoms with E-state index in [1.54, 1.807) is 0 Å². The molecule has 0 unspecified atom stereocenters. The number of amides is 2. The fourth-order valence-corrected chi connectivity index (χ4v) is 2.08. The molecule has 5 nitrogen and oxygen atoms in total. The topological polar surface area (TPSA) is 73.4 Å². The number of aliphatic hydroxyl groups is 1. The van der Waals surface area contributed by atoms with Crippen molar-refractivity contribution >= 4 is 18.4 Å². The smallest absolute Gasteiger partial charge is 0.315 e. The monoisotopic (exact) mass is 321 g/mol. The molecule has 8 heteroatoms. The van der Waals surface area contributed by atoms with Crippen LogP contribution in [0.15, 0.2) is 18.2 Å². The highest BCUT2D eigenvalue weighted by Gasteiger charge is 2.24. The normalized spacial score (nSPS) is 21.3. The molecule has 118 valence electrons. The first-order valence-electron chi connectivity index (χ1n) is 6.44. The highest BCUT2D eigenvalue weighted by Crippen LogP contribution is 2.11. The van der Waals surface area contributed by atoms with Crippen molar-refractivity contribution in [3.63, 3.8) is 0 Å². The van der Waals surface area contributed by atoms with E-state index in [4.69, 9.17) is 0 Å². The molecule has 1 aliphatic heterocycles. The Morgan fingerprint density at radius 3 is 2.67 bits per heavy atom. The quantitative estimate of drug-likeness (QED) is 0.668. The van der Waals surface area contributed by atoms with Crippen LogP contribution in [-0.2, 0) is 6.54 Å². The number of urea groups is 1. The maximum Gasteiger partial charge on any atom is 0.315 e. The van der Waals surface area contributed by atoms with Gasteiger partial charge < -0.3 is 21.1 Å². The van der Waals surface area contributed by atoms with Gasteiger partial charge in [0.1, 0.15) is 11.6 Å². The second kappa shape index (κ2) is 8.11. The van der Waals surface area contributed by atoms with E-state index in [1.165, 1.54) is 6.07 Å². The summed E-state index contributed by atoms with van der Waals surface area (Å²) >= 11 is 0. The molecule has 1 aliphatic rings. The third kappa shape index (κ3) is 4.80. The predicted octanol–water partition coefficient (Wildman–Crippen LogP) is 0.909. The number of aliphatic hydroxyl groups excluding tert-OH is 1. The van der Waals surface area contributed by atoms with E-state index in [0.29, 0.717) is 19.5 Å². The molecule has 21 heavy (non-hydrogen) atoms. The van der Waals surface area contributed by atoms with Gasteiger partial charge in [0.15, 0.2) is 0 Å². The molecule has 0 spiro atoms. The van der Waals surface area contributed by atoms with Gasteiger partial charge >= 0.3 is 6.03 Å². The maximum atomic E-state index is 13.4. The summed E-state index contributed by atoms with van der Waals surface area (Å²) in [5.41, 5.74) is -0.190. The van der Waals surface area contributed by atoms with Crippen LogP contribution in [0.5, 0.6) is 0 Å². The molecule has 1 aromatic carbocycles. The van der Waals surface area contributed by atoms with Crippen LogP contribution in [-0.4, -0.2) is 36.4 Å². The summed E-state index contributed by atoms with van der Waals surface area (Å²) in [5, 5.41) is 17.7. The molecular formula is C13H18ClF2N3O2. The number of hydrogen-bond acceptors (Lipinski definition) is 3. The third-order valence-corrected chi connectivity index (χ3v) is 3.25. The Morgan fingerprint density at radius 2 is 2.05 bits per heavy atom. The summed E-state index contributed by atoms with van der Waals surface area (Å²) in [6, 6.07) is 2.55. The maximum absolute atomic E-state index is 13.4. The second-order valence-corrected chi connectivity index (χ2v) is 4.69. The average molecular weight is 322 g/mol. The fourth-order valence-electron chi connectivity index (χ4n) is 2.08. The molecular weight excluding hydrogens is 304 g/mol. The Morgan fingerprint density at radius 1 is 1.38 bits per heavy atom. The van der Waals surface area contributed by atoms with Gasteiger partial charge in [0.25, 0.3) is 0 Å². The Balaban J connectivity index is 0.00000220. The van der Waals surface area contributed by atoms with Crippen LogP contribution in [0.3, 0.4) is 0 Å². The molecule has 0 saturated carbocycles. The average Bonchev–Trinajstić information content (AvgIpc) is 2.41. The first kappa shape index (κ1) is 17.6. The second-order valence-electron chi connectivity index (χ2n) is 4.69. The van der Waals surface area contributed by atoms with Crippen molar-refractivity contribution in [1.82, 2.24) is 16.0 Å². The Hall–Kier alpha value is -1.44. The Labute approximate surface area is 127 Å². The van der Waals surface area contributed by atoms with E-state index in [-0.39, 0.29) is 24.5 Å². The van der Waals surface area contributed by atoms with Crippen LogP contribution in [0.25, 0.3) is 0 Å². The van der Waals surface area contributed by atoms with Gasteiger partial charge in [-0.3, -0.25) is 0 Å². The largest absolute Gasteiger partial charge is 0.391 e. The van der Waals surface area contributed by atoms with Crippen molar-refractivity contribution in [2.75, 3.05) is 13.1 Å². The number of carbonyl (C=O) groups excluding carboxylic acids is 1. The van der Waals surface area contributed by atoms with Gasteiger partial charge in [-0.2, -0.15) is 0 Å². The lowest BCUT2D eigenvalue weighted by molar-refractivity contribution is 0.102. The molecule has 1 fully saturated rings. The Kier molecular flexibility index (Phi) is 6.80. The van der Waals surface area contributed by atoms with Gasteiger partial charge in [-0.05, 0) is 25.1 Å². The molecule has 2 rings (SSSR count). The first-order chi connectivity index (χ1) is 9.58. The SMILES string of the molecule is Cl.O=C(NCc1c(F)cccc1F)N[C@H]1CNCC[C@H]1O. The van der Waals surface area contributed by atoms with E-state index in [9.17, 15) is 18.7 Å². The molecule has 2 atom stereocenters. The summed E-state index contributed by atoms with van der Waals surface area (Å²) in [5.74, 6) is -1.41. The number of hydrogen-bond donors (Lipinski definition) is 4. The number of benzene rings is 1. The van der Waals surface area contributed by atoms with Crippen molar-refractivity contribution < 1.29 is 18.7 Å². The number of nitrogens with one attached hydrogen (secondary N) is 3. The first-order valence-corrected chi connectivity index (χ1v) is 6.44. The van der Waals surface area contributed by atoms with E-state index in [2.05, 4.69) is 16.0 Å². The highest BCUT2D eigenvalue weighted by molar-refractivity contribution is 5.85. The summed E-state index contributed by atoms with van der Waals surface area (Å²) in [4.78, 5) is 11.6. The minimum Gasteiger partial charge on any atom is -0.391 e. The zero-order valence-corrected chi connectivity index (χ0v) is 12.1. The molecule has 0 radical (unpaired) electrons. The van der Waals surface area contributed by atoms with Crippen LogP contribution in [0, 0.1) is 11.6 Å². The third-order valence-electron chi connectivity index (χ3n) is 3.25. The van der Waals surface area contributed by atoms with Gasteiger partial charge in [-0.25, -0.2) is 13.6 Å². The minimum atomic E-state index is -0.704. The molecule has 0 bridgehead atoms. The zero-order valence-electron chi connectivity index (χ0n) is 11.2. The summed E-state index contributed by atoms with van der Waals surface area (Å²) in [6.45, 7) is 0.907. The molecule has 4 N–H and O–H groups in total. The van der Waals surface area contributed by atoms with Gasteiger partial charge in [0.05, 0.1) is 18.7 Å². The van der Waals surface area contributed by atoms with Gasteiger partial charge in [0, 0.05) is 12.1 Å². The number of halogens is 3. The van der Waals surface area contributed by atoms with E-state index in [1.807, 2.05) is 0 Å². The highest BCUT2D eigenvalue weighted by atomic mass is 35.5. The number of rotatable bonds is 3.